The molecule has 0 saturated carbocycles. The predicted molar refractivity (Wildman–Crippen MR) is 88.6 cm³/mol. The van der Waals surface area contributed by atoms with Crippen molar-refractivity contribution in [3.8, 4) is 0 Å². The highest BCUT2D eigenvalue weighted by atomic mass is 35.5. The van der Waals surface area contributed by atoms with Crippen molar-refractivity contribution in [3.05, 3.63) is 39.9 Å². The van der Waals surface area contributed by atoms with Gasteiger partial charge in [-0.2, -0.15) is 0 Å². The molecule has 0 aromatic heterocycles. The minimum atomic E-state index is -0.253. The van der Waals surface area contributed by atoms with E-state index in [1.54, 1.807) is 24.3 Å². The van der Waals surface area contributed by atoms with Crippen LogP contribution in [0.2, 0.25) is 10.0 Å². The second-order valence-electron chi connectivity index (χ2n) is 5.08. The Bertz CT molecular complexity index is 503. The highest BCUT2D eigenvalue weighted by Crippen LogP contribution is 2.24. The van der Waals surface area contributed by atoms with E-state index < -0.39 is 0 Å². The topological polar surface area (TPSA) is 49.3 Å². The Morgan fingerprint density at radius 3 is 2.57 bits per heavy atom. The summed E-state index contributed by atoms with van der Waals surface area (Å²) in [6.45, 7) is 4.52. The Balaban J connectivity index is 2.65. The number of aliphatic hydroxyl groups excluding tert-OH is 1. The van der Waals surface area contributed by atoms with Crippen LogP contribution in [0.4, 0.5) is 0 Å². The molecule has 3 nitrogen and oxygen atoms in total. The van der Waals surface area contributed by atoms with Crippen LogP contribution in [-0.2, 0) is 4.79 Å². The molecule has 0 unspecified atom stereocenters. The van der Waals surface area contributed by atoms with Crippen LogP contribution in [0.1, 0.15) is 32.3 Å². The average molecular weight is 330 g/mol. The van der Waals surface area contributed by atoms with Gasteiger partial charge in [-0.05, 0) is 42.7 Å². The lowest BCUT2D eigenvalue weighted by Crippen LogP contribution is -2.38. The van der Waals surface area contributed by atoms with Crippen molar-refractivity contribution in [2.45, 2.75) is 26.7 Å². The first-order valence-electron chi connectivity index (χ1n) is 6.98. The maximum Gasteiger partial charge on any atom is 0.244 e. The van der Waals surface area contributed by atoms with Crippen LogP contribution in [0.3, 0.4) is 0 Å². The molecule has 0 aliphatic rings. The largest absolute Gasteiger partial charge is 0.396 e. The zero-order chi connectivity index (χ0) is 15.9. The SMILES string of the molecule is CCC(CC)(CO)CNC(=O)/C=C/c1cc(Cl)ccc1Cl. The Hall–Kier alpha value is -1.03. The number of amides is 1. The number of halogens is 2. The van der Waals surface area contributed by atoms with Crippen molar-refractivity contribution in [2.24, 2.45) is 5.41 Å². The number of hydrogen-bond donors (Lipinski definition) is 2. The van der Waals surface area contributed by atoms with Gasteiger partial charge in [0.2, 0.25) is 5.91 Å². The molecule has 0 atom stereocenters. The zero-order valence-electron chi connectivity index (χ0n) is 12.3. The van der Waals surface area contributed by atoms with E-state index in [9.17, 15) is 9.90 Å². The molecule has 116 valence electrons. The molecule has 0 aliphatic heterocycles. The molecule has 1 rings (SSSR count). The molecular formula is C16H21Cl2NO2. The van der Waals surface area contributed by atoms with Crippen LogP contribution >= 0.6 is 23.2 Å². The summed E-state index contributed by atoms with van der Waals surface area (Å²) in [7, 11) is 0. The van der Waals surface area contributed by atoms with Gasteiger partial charge >= 0.3 is 0 Å². The molecule has 1 aromatic carbocycles. The predicted octanol–water partition coefficient (Wildman–Crippen LogP) is 3.92. The first-order valence-corrected chi connectivity index (χ1v) is 7.73. The summed E-state index contributed by atoms with van der Waals surface area (Å²) >= 11 is 11.9. The van der Waals surface area contributed by atoms with Crippen LogP contribution in [0, 0.1) is 5.41 Å². The summed E-state index contributed by atoms with van der Waals surface area (Å²) in [5, 5.41) is 13.4. The monoisotopic (exact) mass is 329 g/mol. The van der Waals surface area contributed by atoms with Crippen LogP contribution in [-0.4, -0.2) is 24.2 Å². The van der Waals surface area contributed by atoms with Crippen molar-refractivity contribution in [1.82, 2.24) is 5.32 Å². The Morgan fingerprint density at radius 1 is 1.33 bits per heavy atom. The van der Waals surface area contributed by atoms with Gasteiger partial charge in [-0.3, -0.25) is 4.79 Å². The number of benzene rings is 1. The fourth-order valence-corrected chi connectivity index (χ4v) is 2.28. The number of aliphatic hydroxyl groups is 1. The van der Waals surface area contributed by atoms with E-state index >= 15 is 0 Å². The third-order valence-electron chi connectivity index (χ3n) is 3.85. The van der Waals surface area contributed by atoms with Crippen molar-refractivity contribution in [1.29, 1.82) is 0 Å². The standard InChI is InChI=1S/C16H21Cl2NO2/c1-3-16(4-2,11-20)10-19-15(21)8-5-12-9-13(17)6-7-14(12)18/h5-9,20H,3-4,10-11H2,1-2H3,(H,19,21)/b8-5+. The minimum Gasteiger partial charge on any atom is -0.396 e. The van der Waals surface area contributed by atoms with Gasteiger partial charge in [-0.25, -0.2) is 0 Å². The van der Waals surface area contributed by atoms with Crippen LogP contribution in [0.25, 0.3) is 6.08 Å². The van der Waals surface area contributed by atoms with Gasteiger partial charge in [0.25, 0.3) is 0 Å². The van der Waals surface area contributed by atoms with E-state index in [2.05, 4.69) is 5.32 Å². The molecule has 0 spiro atoms. The molecule has 0 fully saturated rings. The van der Waals surface area contributed by atoms with E-state index in [0.29, 0.717) is 22.2 Å². The lowest BCUT2D eigenvalue weighted by atomic mass is 9.83. The normalized spacial score (nSPS) is 11.9. The summed E-state index contributed by atoms with van der Waals surface area (Å²) in [5.41, 5.74) is 0.440. The fourth-order valence-electron chi connectivity index (χ4n) is 1.92. The molecule has 21 heavy (non-hydrogen) atoms. The molecule has 0 heterocycles. The van der Waals surface area contributed by atoms with Crippen LogP contribution in [0.5, 0.6) is 0 Å². The zero-order valence-corrected chi connectivity index (χ0v) is 13.8. The van der Waals surface area contributed by atoms with Gasteiger partial charge in [-0.1, -0.05) is 37.0 Å². The summed E-state index contributed by atoms with van der Waals surface area (Å²) in [4.78, 5) is 11.9. The maximum atomic E-state index is 11.9. The molecule has 5 heteroatoms. The highest BCUT2D eigenvalue weighted by molar-refractivity contribution is 6.34. The van der Waals surface area contributed by atoms with Gasteiger partial charge in [0, 0.05) is 28.1 Å². The second-order valence-corrected chi connectivity index (χ2v) is 5.93. The lowest BCUT2D eigenvalue weighted by Gasteiger charge is -2.29. The number of hydrogen-bond acceptors (Lipinski definition) is 2. The van der Waals surface area contributed by atoms with Gasteiger partial charge in [0.15, 0.2) is 0 Å². The Labute approximate surface area is 136 Å². The van der Waals surface area contributed by atoms with Crippen LogP contribution in [0.15, 0.2) is 24.3 Å². The van der Waals surface area contributed by atoms with Gasteiger partial charge in [0.1, 0.15) is 0 Å². The first kappa shape index (κ1) is 18.0. The smallest absolute Gasteiger partial charge is 0.244 e. The Kier molecular flexibility index (Phi) is 7.23. The first-order chi connectivity index (χ1) is 9.96. The van der Waals surface area contributed by atoms with Crippen molar-refractivity contribution in [2.75, 3.05) is 13.2 Å². The minimum absolute atomic E-state index is 0.0596. The fraction of sp³-hybridized carbons (Fsp3) is 0.438. The maximum absolute atomic E-state index is 11.9. The highest BCUT2D eigenvalue weighted by Gasteiger charge is 2.25. The van der Waals surface area contributed by atoms with E-state index in [4.69, 9.17) is 23.2 Å². The van der Waals surface area contributed by atoms with Gasteiger partial charge < -0.3 is 10.4 Å². The van der Waals surface area contributed by atoms with Crippen molar-refractivity contribution >= 4 is 35.2 Å². The number of rotatable bonds is 7. The van der Waals surface area contributed by atoms with E-state index in [1.165, 1.54) is 6.08 Å². The van der Waals surface area contributed by atoms with Crippen molar-refractivity contribution in [3.63, 3.8) is 0 Å². The van der Waals surface area contributed by atoms with Crippen molar-refractivity contribution < 1.29 is 9.90 Å². The molecule has 0 aliphatic carbocycles. The van der Waals surface area contributed by atoms with E-state index in [1.807, 2.05) is 13.8 Å². The Morgan fingerprint density at radius 2 is 2.00 bits per heavy atom. The lowest BCUT2D eigenvalue weighted by molar-refractivity contribution is -0.117. The quantitative estimate of drug-likeness (QED) is 0.745. The summed E-state index contributed by atoms with van der Waals surface area (Å²) in [5.74, 6) is -0.217. The molecule has 0 saturated heterocycles. The molecule has 0 bridgehead atoms. The van der Waals surface area contributed by atoms with Gasteiger partial charge in [-0.15, -0.1) is 0 Å². The molecular weight excluding hydrogens is 309 g/mol. The number of carbonyl (C=O) groups excluding carboxylic acids is 1. The van der Waals surface area contributed by atoms with E-state index in [0.717, 1.165) is 12.8 Å². The number of carbonyl (C=O) groups is 1. The summed E-state index contributed by atoms with van der Waals surface area (Å²) in [6, 6.07) is 5.08. The van der Waals surface area contributed by atoms with Gasteiger partial charge in [0.05, 0.1) is 6.61 Å². The summed E-state index contributed by atoms with van der Waals surface area (Å²) < 4.78 is 0. The van der Waals surface area contributed by atoms with E-state index in [-0.39, 0.29) is 17.9 Å². The molecule has 0 radical (unpaired) electrons. The summed E-state index contributed by atoms with van der Waals surface area (Å²) in [6.07, 6.45) is 4.67. The third-order valence-corrected chi connectivity index (χ3v) is 4.42. The molecule has 1 amide bonds. The van der Waals surface area contributed by atoms with Crippen LogP contribution < -0.4 is 5.32 Å². The average Bonchev–Trinajstić information content (AvgIpc) is 2.50. The second kappa shape index (κ2) is 8.42. The number of nitrogens with one attached hydrogen (secondary N) is 1. The molecule has 1 aromatic rings. The third kappa shape index (κ3) is 5.34. The molecule has 2 N–H and O–H groups in total.